The fourth-order valence-corrected chi connectivity index (χ4v) is 4.69. The molecule has 0 fully saturated rings. The standard InChI is InChI=1S/C26H24ClN3O3/c1-3-33-25-19(27)13-18(14-23(25)32-2)22-15-24(31)29(16-17-9-5-4-6-10-17)26-28-20-11-7-8-12-21(20)30(22)26/h4-14,22H,3,15-16H2,1-2H3. The third kappa shape index (κ3) is 3.80. The number of halogens is 1. The zero-order valence-corrected chi connectivity index (χ0v) is 19.2. The number of amides is 1. The predicted octanol–water partition coefficient (Wildman–Crippen LogP) is 5.62. The summed E-state index contributed by atoms with van der Waals surface area (Å²) in [5.41, 5.74) is 3.73. The van der Waals surface area contributed by atoms with E-state index in [2.05, 4.69) is 4.57 Å². The van der Waals surface area contributed by atoms with Crippen LogP contribution in [0.25, 0.3) is 11.0 Å². The van der Waals surface area contributed by atoms with Gasteiger partial charge in [-0.25, -0.2) is 4.98 Å². The molecule has 0 saturated carbocycles. The molecule has 2 heterocycles. The van der Waals surface area contributed by atoms with E-state index in [1.165, 1.54) is 0 Å². The molecule has 0 N–H and O–H groups in total. The Balaban J connectivity index is 1.65. The van der Waals surface area contributed by atoms with Crippen molar-refractivity contribution in [1.82, 2.24) is 9.55 Å². The first-order valence-corrected chi connectivity index (χ1v) is 11.3. The molecule has 1 aliphatic rings. The van der Waals surface area contributed by atoms with Gasteiger partial charge in [0.25, 0.3) is 0 Å². The molecule has 7 heteroatoms. The zero-order chi connectivity index (χ0) is 22.9. The average molecular weight is 462 g/mol. The van der Waals surface area contributed by atoms with Gasteiger partial charge in [0, 0.05) is 0 Å². The lowest BCUT2D eigenvalue weighted by Crippen LogP contribution is -2.39. The van der Waals surface area contributed by atoms with Crippen molar-refractivity contribution in [3.63, 3.8) is 0 Å². The van der Waals surface area contributed by atoms with Crippen molar-refractivity contribution in [2.75, 3.05) is 18.6 Å². The Morgan fingerprint density at radius 1 is 1.09 bits per heavy atom. The highest BCUT2D eigenvalue weighted by Crippen LogP contribution is 2.43. The van der Waals surface area contributed by atoms with Gasteiger partial charge in [-0.1, -0.05) is 54.1 Å². The summed E-state index contributed by atoms with van der Waals surface area (Å²) in [4.78, 5) is 20.0. The molecule has 6 nitrogen and oxygen atoms in total. The van der Waals surface area contributed by atoms with Crippen molar-refractivity contribution in [1.29, 1.82) is 0 Å². The Kier molecular flexibility index (Phi) is 5.68. The molecule has 1 aliphatic heterocycles. The second-order valence-electron chi connectivity index (χ2n) is 7.92. The van der Waals surface area contributed by atoms with Crippen LogP contribution in [0.4, 0.5) is 5.95 Å². The molecule has 4 aromatic rings. The molecule has 1 atom stereocenters. The van der Waals surface area contributed by atoms with Crippen LogP contribution in [0, 0.1) is 0 Å². The summed E-state index contributed by atoms with van der Waals surface area (Å²) in [5.74, 6) is 1.69. The van der Waals surface area contributed by atoms with Crippen molar-refractivity contribution in [3.05, 3.63) is 82.9 Å². The first-order chi connectivity index (χ1) is 16.1. The van der Waals surface area contributed by atoms with Crippen molar-refractivity contribution >= 4 is 34.5 Å². The van der Waals surface area contributed by atoms with E-state index in [1.54, 1.807) is 12.0 Å². The number of anilines is 1. The number of hydrogen-bond acceptors (Lipinski definition) is 4. The highest BCUT2D eigenvalue weighted by atomic mass is 35.5. The summed E-state index contributed by atoms with van der Waals surface area (Å²) in [6, 6.07) is 21.4. The maximum absolute atomic E-state index is 13.4. The van der Waals surface area contributed by atoms with Crippen molar-refractivity contribution in [2.45, 2.75) is 25.9 Å². The Morgan fingerprint density at radius 3 is 2.61 bits per heavy atom. The number of carbonyl (C=O) groups is 1. The monoisotopic (exact) mass is 461 g/mol. The molecule has 0 bridgehead atoms. The minimum atomic E-state index is -0.269. The topological polar surface area (TPSA) is 56.6 Å². The fraction of sp³-hybridized carbons (Fsp3) is 0.231. The summed E-state index contributed by atoms with van der Waals surface area (Å²) < 4.78 is 13.4. The SMILES string of the molecule is CCOc1c(Cl)cc(C2CC(=O)N(Cc3ccccc3)c3nc4ccccc4n32)cc1OC. The van der Waals surface area contributed by atoms with Crippen LogP contribution in [0.2, 0.25) is 5.02 Å². The number of nitrogens with zero attached hydrogens (tertiary/aromatic N) is 3. The normalized spacial score (nSPS) is 15.5. The lowest BCUT2D eigenvalue weighted by molar-refractivity contribution is -0.120. The van der Waals surface area contributed by atoms with E-state index < -0.39 is 0 Å². The van der Waals surface area contributed by atoms with E-state index in [4.69, 9.17) is 26.1 Å². The first-order valence-electron chi connectivity index (χ1n) is 10.9. The van der Waals surface area contributed by atoms with E-state index in [1.807, 2.05) is 73.7 Å². The van der Waals surface area contributed by atoms with Crippen LogP contribution < -0.4 is 14.4 Å². The molecular formula is C26H24ClN3O3. The number of para-hydroxylation sites is 2. The van der Waals surface area contributed by atoms with Crippen molar-refractivity contribution < 1.29 is 14.3 Å². The summed E-state index contributed by atoms with van der Waals surface area (Å²) >= 11 is 6.58. The molecule has 0 spiro atoms. The van der Waals surface area contributed by atoms with E-state index in [-0.39, 0.29) is 18.4 Å². The largest absolute Gasteiger partial charge is 0.493 e. The van der Waals surface area contributed by atoms with Gasteiger partial charge in [-0.05, 0) is 42.3 Å². The third-order valence-electron chi connectivity index (χ3n) is 5.91. The molecule has 33 heavy (non-hydrogen) atoms. The minimum absolute atomic E-state index is 0.00985. The van der Waals surface area contributed by atoms with Gasteiger partial charge in [0.05, 0.1) is 48.8 Å². The van der Waals surface area contributed by atoms with Gasteiger partial charge < -0.3 is 14.0 Å². The van der Waals surface area contributed by atoms with Gasteiger partial charge in [-0.15, -0.1) is 0 Å². The number of benzene rings is 3. The van der Waals surface area contributed by atoms with Gasteiger partial charge in [-0.2, -0.15) is 0 Å². The van der Waals surface area contributed by atoms with Crippen LogP contribution in [0.1, 0.15) is 30.5 Å². The summed E-state index contributed by atoms with van der Waals surface area (Å²) in [6.45, 7) is 2.83. The van der Waals surface area contributed by atoms with E-state index in [9.17, 15) is 4.79 Å². The Bertz CT molecular complexity index is 1320. The molecule has 1 aromatic heterocycles. The summed E-state index contributed by atoms with van der Waals surface area (Å²) in [7, 11) is 1.59. The van der Waals surface area contributed by atoms with Gasteiger partial charge in [0.2, 0.25) is 11.9 Å². The van der Waals surface area contributed by atoms with Crippen LogP contribution >= 0.6 is 11.6 Å². The molecule has 0 saturated heterocycles. The summed E-state index contributed by atoms with van der Waals surface area (Å²) in [5, 5.41) is 0.455. The molecule has 1 unspecified atom stereocenters. The van der Waals surface area contributed by atoms with Crippen LogP contribution in [0.15, 0.2) is 66.7 Å². The number of aromatic nitrogens is 2. The number of fused-ring (bicyclic) bond motifs is 3. The van der Waals surface area contributed by atoms with Gasteiger partial charge in [-0.3, -0.25) is 9.69 Å². The zero-order valence-electron chi connectivity index (χ0n) is 18.5. The number of methoxy groups -OCH3 is 1. The Labute approximate surface area is 197 Å². The van der Waals surface area contributed by atoms with E-state index in [0.29, 0.717) is 35.6 Å². The predicted molar refractivity (Wildman–Crippen MR) is 129 cm³/mol. The molecule has 0 aliphatic carbocycles. The lowest BCUT2D eigenvalue weighted by atomic mass is 9.99. The van der Waals surface area contributed by atoms with Crippen LogP contribution in [-0.2, 0) is 11.3 Å². The molecule has 1 amide bonds. The van der Waals surface area contributed by atoms with Gasteiger partial charge in [0.1, 0.15) is 0 Å². The molecule has 0 radical (unpaired) electrons. The average Bonchev–Trinajstić information content (AvgIpc) is 3.22. The number of ether oxygens (including phenoxy) is 2. The smallest absolute Gasteiger partial charge is 0.232 e. The highest BCUT2D eigenvalue weighted by molar-refractivity contribution is 6.32. The quantitative estimate of drug-likeness (QED) is 0.373. The van der Waals surface area contributed by atoms with Crippen LogP contribution in [-0.4, -0.2) is 29.2 Å². The van der Waals surface area contributed by atoms with Gasteiger partial charge in [0.15, 0.2) is 11.5 Å². The molecule has 168 valence electrons. The second-order valence-corrected chi connectivity index (χ2v) is 8.33. The number of imidazole rings is 1. The number of rotatable bonds is 6. The van der Waals surface area contributed by atoms with E-state index in [0.717, 1.165) is 22.2 Å². The molecule has 5 rings (SSSR count). The lowest BCUT2D eigenvalue weighted by Gasteiger charge is -2.33. The number of hydrogen-bond donors (Lipinski definition) is 0. The van der Waals surface area contributed by atoms with Crippen LogP contribution in [0.3, 0.4) is 0 Å². The minimum Gasteiger partial charge on any atom is -0.493 e. The fourth-order valence-electron chi connectivity index (χ4n) is 4.42. The maximum atomic E-state index is 13.4. The van der Waals surface area contributed by atoms with Gasteiger partial charge >= 0.3 is 0 Å². The summed E-state index contributed by atoms with van der Waals surface area (Å²) in [6.07, 6.45) is 0.285. The van der Waals surface area contributed by atoms with Crippen LogP contribution in [0.5, 0.6) is 11.5 Å². The Morgan fingerprint density at radius 2 is 1.85 bits per heavy atom. The molecule has 3 aromatic carbocycles. The Hall–Kier alpha value is -3.51. The van der Waals surface area contributed by atoms with E-state index >= 15 is 0 Å². The maximum Gasteiger partial charge on any atom is 0.232 e. The van der Waals surface area contributed by atoms with Crippen molar-refractivity contribution in [3.8, 4) is 11.5 Å². The highest BCUT2D eigenvalue weighted by Gasteiger charge is 2.35. The third-order valence-corrected chi connectivity index (χ3v) is 6.19. The van der Waals surface area contributed by atoms with Crippen molar-refractivity contribution in [2.24, 2.45) is 0 Å². The molecular weight excluding hydrogens is 438 g/mol. The first kappa shape index (κ1) is 21.3. The second kappa shape index (κ2) is 8.79. The number of carbonyl (C=O) groups excluding carboxylic acids is 1.